The first-order chi connectivity index (χ1) is 12.6. The molecule has 0 N–H and O–H groups in total. The van der Waals surface area contributed by atoms with Crippen LogP contribution < -0.4 is 4.74 Å². The van der Waals surface area contributed by atoms with E-state index in [9.17, 15) is 4.79 Å². The van der Waals surface area contributed by atoms with Gasteiger partial charge in [0.05, 0.1) is 19.3 Å². The molecule has 1 aliphatic heterocycles. The Morgan fingerprint density at radius 1 is 1.00 bits per heavy atom. The summed E-state index contributed by atoms with van der Waals surface area (Å²) in [6, 6.07) is 18.4. The van der Waals surface area contributed by atoms with Crippen LogP contribution in [-0.4, -0.2) is 43.2 Å². The molecule has 2 aromatic rings. The maximum absolute atomic E-state index is 12.8. The number of carbonyl (C=O) groups excluding carboxylic acids is 1. The van der Waals surface area contributed by atoms with E-state index in [2.05, 4.69) is 24.3 Å². The number of amides is 1. The van der Waals surface area contributed by atoms with Gasteiger partial charge in [-0.1, -0.05) is 42.5 Å². The first-order valence-corrected chi connectivity index (χ1v) is 9.30. The van der Waals surface area contributed by atoms with Crippen molar-refractivity contribution in [3.05, 3.63) is 65.7 Å². The monoisotopic (exact) mass is 353 g/mol. The van der Waals surface area contributed by atoms with Crippen LogP contribution in [0.15, 0.2) is 54.6 Å². The SMILES string of the molecule is CC(C)Oc1ccc([C@@H](CC(=O)N2CCOCC2)c2ccccc2)cc1. The van der Waals surface area contributed by atoms with Gasteiger partial charge in [0.1, 0.15) is 5.75 Å². The van der Waals surface area contributed by atoms with E-state index in [1.165, 1.54) is 0 Å². The summed E-state index contributed by atoms with van der Waals surface area (Å²) in [7, 11) is 0. The minimum Gasteiger partial charge on any atom is -0.491 e. The molecule has 1 amide bonds. The third-order valence-corrected chi connectivity index (χ3v) is 4.60. The predicted molar refractivity (Wildman–Crippen MR) is 103 cm³/mol. The Labute approximate surface area is 155 Å². The average molecular weight is 353 g/mol. The molecule has 0 aliphatic carbocycles. The second-order valence-corrected chi connectivity index (χ2v) is 6.90. The van der Waals surface area contributed by atoms with Gasteiger partial charge >= 0.3 is 0 Å². The van der Waals surface area contributed by atoms with E-state index in [4.69, 9.17) is 9.47 Å². The fourth-order valence-electron chi connectivity index (χ4n) is 3.28. The maximum atomic E-state index is 12.8. The molecule has 0 saturated carbocycles. The molecule has 0 radical (unpaired) electrons. The molecule has 2 aromatic carbocycles. The number of hydrogen-bond donors (Lipinski definition) is 0. The topological polar surface area (TPSA) is 38.8 Å². The highest BCUT2D eigenvalue weighted by Crippen LogP contribution is 2.30. The maximum Gasteiger partial charge on any atom is 0.223 e. The molecule has 0 spiro atoms. The van der Waals surface area contributed by atoms with Crippen LogP contribution in [0.3, 0.4) is 0 Å². The summed E-state index contributed by atoms with van der Waals surface area (Å²) >= 11 is 0. The normalized spacial score (nSPS) is 15.7. The van der Waals surface area contributed by atoms with Gasteiger partial charge in [-0.25, -0.2) is 0 Å². The minimum absolute atomic E-state index is 0.0413. The lowest BCUT2D eigenvalue weighted by Crippen LogP contribution is -2.41. The number of carbonyl (C=O) groups is 1. The number of ether oxygens (including phenoxy) is 2. The van der Waals surface area contributed by atoms with E-state index in [-0.39, 0.29) is 17.9 Å². The van der Waals surface area contributed by atoms with E-state index in [1.54, 1.807) is 0 Å². The van der Waals surface area contributed by atoms with Gasteiger partial charge in [0, 0.05) is 25.4 Å². The van der Waals surface area contributed by atoms with Crippen LogP contribution >= 0.6 is 0 Å². The summed E-state index contributed by atoms with van der Waals surface area (Å²) in [5, 5.41) is 0. The van der Waals surface area contributed by atoms with Crippen LogP contribution in [0.1, 0.15) is 37.3 Å². The van der Waals surface area contributed by atoms with E-state index >= 15 is 0 Å². The summed E-state index contributed by atoms with van der Waals surface area (Å²) in [6.45, 7) is 6.65. The Morgan fingerprint density at radius 2 is 1.62 bits per heavy atom. The molecule has 0 aromatic heterocycles. The van der Waals surface area contributed by atoms with Crippen LogP contribution in [0.25, 0.3) is 0 Å². The van der Waals surface area contributed by atoms with Crippen molar-refractivity contribution >= 4 is 5.91 Å². The number of nitrogens with zero attached hydrogens (tertiary/aromatic N) is 1. The molecule has 0 bridgehead atoms. The summed E-state index contributed by atoms with van der Waals surface area (Å²) < 4.78 is 11.1. The Bertz CT molecular complexity index is 691. The molecule has 0 unspecified atom stereocenters. The largest absolute Gasteiger partial charge is 0.491 e. The summed E-state index contributed by atoms with van der Waals surface area (Å²) in [4.78, 5) is 14.7. The Balaban J connectivity index is 1.80. The van der Waals surface area contributed by atoms with Crippen molar-refractivity contribution in [2.45, 2.75) is 32.3 Å². The lowest BCUT2D eigenvalue weighted by molar-refractivity contribution is -0.135. The molecule has 1 aliphatic rings. The van der Waals surface area contributed by atoms with Crippen molar-refractivity contribution in [1.82, 2.24) is 4.90 Å². The van der Waals surface area contributed by atoms with Crippen LogP contribution in [0.2, 0.25) is 0 Å². The van der Waals surface area contributed by atoms with Crippen LogP contribution in [-0.2, 0) is 9.53 Å². The van der Waals surface area contributed by atoms with E-state index in [0.29, 0.717) is 32.7 Å². The van der Waals surface area contributed by atoms with Crippen LogP contribution in [0.4, 0.5) is 0 Å². The van der Waals surface area contributed by atoms with E-state index in [1.807, 2.05) is 49.1 Å². The lowest BCUT2D eigenvalue weighted by Gasteiger charge is -2.29. The van der Waals surface area contributed by atoms with Crippen molar-refractivity contribution in [2.24, 2.45) is 0 Å². The third kappa shape index (κ3) is 4.85. The molecule has 1 saturated heterocycles. The van der Waals surface area contributed by atoms with Crippen LogP contribution in [0, 0.1) is 0 Å². The summed E-state index contributed by atoms with van der Waals surface area (Å²) in [5.41, 5.74) is 2.29. The van der Waals surface area contributed by atoms with Gasteiger partial charge in [0.2, 0.25) is 5.91 Å². The van der Waals surface area contributed by atoms with Crippen LogP contribution in [0.5, 0.6) is 5.75 Å². The van der Waals surface area contributed by atoms with Gasteiger partial charge in [-0.3, -0.25) is 4.79 Å². The first kappa shape index (κ1) is 18.5. The molecule has 26 heavy (non-hydrogen) atoms. The molecule has 1 atom stereocenters. The summed E-state index contributed by atoms with van der Waals surface area (Å²) in [5.74, 6) is 1.08. The van der Waals surface area contributed by atoms with Gasteiger partial charge in [-0.15, -0.1) is 0 Å². The molecule has 1 fully saturated rings. The molecular formula is C22H27NO3. The van der Waals surface area contributed by atoms with E-state index < -0.39 is 0 Å². The average Bonchev–Trinajstić information content (AvgIpc) is 2.67. The van der Waals surface area contributed by atoms with Gasteiger partial charge < -0.3 is 14.4 Å². The highest BCUT2D eigenvalue weighted by Gasteiger charge is 2.23. The van der Waals surface area contributed by atoms with Gasteiger partial charge in [0.25, 0.3) is 0 Å². The van der Waals surface area contributed by atoms with Gasteiger partial charge in [-0.2, -0.15) is 0 Å². The zero-order valence-corrected chi connectivity index (χ0v) is 15.6. The quantitative estimate of drug-likeness (QED) is 0.792. The third-order valence-electron chi connectivity index (χ3n) is 4.60. The van der Waals surface area contributed by atoms with Crippen molar-refractivity contribution in [2.75, 3.05) is 26.3 Å². The first-order valence-electron chi connectivity index (χ1n) is 9.30. The Morgan fingerprint density at radius 3 is 2.23 bits per heavy atom. The van der Waals surface area contributed by atoms with Crippen molar-refractivity contribution in [1.29, 1.82) is 0 Å². The number of rotatable bonds is 6. The molecule has 4 heteroatoms. The smallest absolute Gasteiger partial charge is 0.223 e. The number of hydrogen-bond acceptors (Lipinski definition) is 3. The second-order valence-electron chi connectivity index (χ2n) is 6.90. The zero-order valence-electron chi connectivity index (χ0n) is 15.6. The Kier molecular flexibility index (Phi) is 6.29. The fourth-order valence-corrected chi connectivity index (χ4v) is 3.28. The molecular weight excluding hydrogens is 326 g/mol. The zero-order chi connectivity index (χ0) is 18.4. The molecule has 3 rings (SSSR count). The standard InChI is InChI=1S/C22H27NO3/c1-17(2)26-20-10-8-19(9-11-20)21(18-6-4-3-5-7-18)16-22(24)23-12-14-25-15-13-23/h3-11,17,21H,12-16H2,1-2H3/t21-/m0/s1. The second kappa shape index (κ2) is 8.86. The van der Waals surface area contributed by atoms with Crippen molar-refractivity contribution < 1.29 is 14.3 Å². The molecule has 1 heterocycles. The molecule has 138 valence electrons. The predicted octanol–water partition coefficient (Wildman–Crippen LogP) is 3.85. The summed E-state index contributed by atoms with van der Waals surface area (Å²) in [6.07, 6.45) is 0.614. The number of benzene rings is 2. The van der Waals surface area contributed by atoms with Crippen molar-refractivity contribution in [3.8, 4) is 5.75 Å². The van der Waals surface area contributed by atoms with E-state index in [0.717, 1.165) is 16.9 Å². The highest BCUT2D eigenvalue weighted by molar-refractivity contribution is 5.78. The highest BCUT2D eigenvalue weighted by atomic mass is 16.5. The lowest BCUT2D eigenvalue weighted by atomic mass is 9.88. The Hall–Kier alpha value is -2.33. The van der Waals surface area contributed by atoms with Gasteiger partial charge in [-0.05, 0) is 37.1 Å². The van der Waals surface area contributed by atoms with Crippen molar-refractivity contribution in [3.63, 3.8) is 0 Å². The fraction of sp³-hybridized carbons (Fsp3) is 0.409. The van der Waals surface area contributed by atoms with Gasteiger partial charge in [0.15, 0.2) is 0 Å². The molecule has 4 nitrogen and oxygen atoms in total. The number of morpholine rings is 1. The minimum atomic E-state index is 0.0413.